The Bertz CT molecular complexity index is 205. The molecule has 1 aliphatic heterocycles. The fourth-order valence-corrected chi connectivity index (χ4v) is 1.43. The molecule has 1 heterocycles. The number of likely N-dealkylation sites (N-methyl/N-ethyl adjacent to an activating group) is 1. The number of nitrogens with one attached hydrogen (secondary N) is 1. The molecule has 0 aromatic rings. The minimum Gasteiger partial charge on any atom is -0.465 e. The first kappa shape index (κ1) is 8.83. The van der Waals surface area contributed by atoms with Crippen molar-refractivity contribution in [2.45, 2.75) is 18.9 Å². The molecule has 0 aromatic heterocycles. The number of amides is 2. The van der Waals surface area contributed by atoms with Gasteiger partial charge in [-0.3, -0.25) is 9.69 Å². The van der Waals surface area contributed by atoms with Crippen LogP contribution in [0.4, 0.5) is 4.79 Å². The highest BCUT2D eigenvalue weighted by Crippen LogP contribution is 2.16. The maximum atomic E-state index is 11.1. The molecule has 68 valence electrons. The van der Waals surface area contributed by atoms with Crippen LogP contribution in [0.15, 0.2) is 0 Å². The van der Waals surface area contributed by atoms with E-state index in [9.17, 15) is 9.59 Å². The lowest BCUT2D eigenvalue weighted by Gasteiger charge is -2.19. The number of hydrogen-bond donors (Lipinski definition) is 2. The molecule has 2 amide bonds. The zero-order chi connectivity index (χ0) is 9.14. The van der Waals surface area contributed by atoms with Crippen LogP contribution in [-0.2, 0) is 4.79 Å². The van der Waals surface area contributed by atoms with Gasteiger partial charge in [0.25, 0.3) is 0 Å². The highest BCUT2D eigenvalue weighted by Gasteiger charge is 2.33. The van der Waals surface area contributed by atoms with Crippen molar-refractivity contribution in [3.05, 3.63) is 0 Å². The van der Waals surface area contributed by atoms with E-state index >= 15 is 0 Å². The first-order chi connectivity index (χ1) is 5.66. The molecule has 0 saturated carbocycles. The van der Waals surface area contributed by atoms with Gasteiger partial charge in [0.05, 0.1) is 0 Å². The lowest BCUT2D eigenvalue weighted by molar-refractivity contribution is -0.124. The van der Waals surface area contributed by atoms with E-state index in [0.29, 0.717) is 13.0 Å². The summed E-state index contributed by atoms with van der Waals surface area (Å²) in [5.74, 6) is -0.213. The average Bonchev–Trinajstić information content (AvgIpc) is 2.50. The van der Waals surface area contributed by atoms with Crippen molar-refractivity contribution in [2.75, 3.05) is 13.6 Å². The van der Waals surface area contributed by atoms with Crippen molar-refractivity contribution in [3.63, 3.8) is 0 Å². The quantitative estimate of drug-likeness (QED) is 0.579. The van der Waals surface area contributed by atoms with E-state index in [-0.39, 0.29) is 5.91 Å². The van der Waals surface area contributed by atoms with Crippen molar-refractivity contribution in [1.82, 2.24) is 10.2 Å². The van der Waals surface area contributed by atoms with Crippen LogP contribution in [0.3, 0.4) is 0 Å². The Hall–Kier alpha value is -1.26. The second-order valence-electron chi connectivity index (χ2n) is 2.75. The fourth-order valence-electron chi connectivity index (χ4n) is 1.43. The lowest BCUT2D eigenvalue weighted by atomic mass is 10.2. The maximum Gasteiger partial charge on any atom is 0.407 e. The number of carboxylic acid groups (broad SMARTS) is 1. The topological polar surface area (TPSA) is 69.6 Å². The summed E-state index contributed by atoms with van der Waals surface area (Å²) in [7, 11) is 1.51. The summed E-state index contributed by atoms with van der Waals surface area (Å²) in [6, 6.07) is -0.479. The standard InChI is InChI=1S/C7H12N2O3/c1-8-6(10)5-3-2-4-9(5)7(11)12/h5H,2-4H2,1H3,(H,8,10)(H,11,12). The van der Waals surface area contributed by atoms with Crippen LogP contribution in [0.1, 0.15) is 12.8 Å². The van der Waals surface area contributed by atoms with Gasteiger partial charge in [0.2, 0.25) is 5.91 Å². The fraction of sp³-hybridized carbons (Fsp3) is 0.714. The summed E-state index contributed by atoms with van der Waals surface area (Å²) < 4.78 is 0. The Balaban J connectivity index is 2.63. The highest BCUT2D eigenvalue weighted by molar-refractivity contribution is 5.85. The number of hydrogen-bond acceptors (Lipinski definition) is 2. The molecule has 0 spiro atoms. The van der Waals surface area contributed by atoms with Gasteiger partial charge in [-0.25, -0.2) is 4.79 Å². The molecule has 0 aliphatic carbocycles. The molecule has 1 aliphatic rings. The van der Waals surface area contributed by atoms with Crippen molar-refractivity contribution in [2.24, 2.45) is 0 Å². The predicted octanol–water partition coefficient (Wildman–Crippen LogP) is -0.125. The van der Waals surface area contributed by atoms with Gasteiger partial charge in [-0.05, 0) is 12.8 Å². The van der Waals surface area contributed by atoms with Gasteiger partial charge in [-0.15, -0.1) is 0 Å². The van der Waals surface area contributed by atoms with Gasteiger partial charge >= 0.3 is 6.09 Å². The first-order valence-corrected chi connectivity index (χ1v) is 3.88. The molecule has 5 heteroatoms. The van der Waals surface area contributed by atoms with Crippen LogP contribution in [0.5, 0.6) is 0 Å². The Morgan fingerprint density at radius 1 is 1.58 bits per heavy atom. The van der Waals surface area contributed by atoms with Crippen LogP contribution in [-0.4, -0.2) is 41.6 Å². The largest absolute Gasteiger partial charge is 0.465 e. The minimum absolute atomic E-state index is 0.213. The zero-order valence-corrected chi connectivity index (χ0v) is 6.91. The molecular formula is C7H12N2O3. The Kier molecular flexibility index (Phi) is 2.52. The molecule has 1 atom stereocenters. The molecule has 0 bridgehead atoms. The van der Waals surface area contributed by atoms with Crippen LogP contribution >= 0.6 is 0 Å². The molecule has 2 N–H and O–H groups in total. The molecule has 5 nitrogen and oxygen atoms in total. The average molecular weight is 172 g/mol. The lowest BCUT2D eigenvalue weighted by Crippen LogP contribution is -2.44. The third-order valence-electron chi connectivity index (χ3n) is 2.05. The summed E-state index contributed by atoms with van der Waals surface area (Å²) in [6.45, 7) is 0.466. The Morgan fingerprint density at radius 2 is 2.25 bits per heavy atom. The molecule has 1 unspecified atom stereocenters. The Labute approximate surface area is 70.4 Å². The van der Waals surface area contributed by atoms with Crippen molar-refractivity contribution in [1.29, 1.82) is 0 Å². The van der Waals surface area contributed by atoms with Crippen LogP contribution in [0, 0.1) is 0 Å². The van der Waals surface area contributed by atoms with E-state index < -0.39 is 12.1 Å². The second kappa shape index (κ2) is 3.42. The summed E-state index contributed by atoms with van der Waals surface area (Å²) >= 11 is 0. The van der Waals surface area contributed by atoms with Crippen molar-refractivity contribution < 1.29 is 14.7 Å². The minimum atomic E-state index is -1.01. The van der Waals surface area contributed by atoms with Crippen molar-refractivity contribution >= 4 is 12.0 Å². The summed E-state index contributed by atoms with van der Waals surface area (Å²) in [5, 5.41) is 11.1. The van der Waals surface area contributed by atoms with E-state index in [1.807, 2.05) is 0 Å². The van der Waals surface area contributed by atoms with E-state index in [1.54, 1.807) is 0 Å². The normalized spacial score (nSPS) is 22.4. The van der Waals surface area contributed by atoms with Gasteiger partial charge in [-0.1, -0.05) is 0 Å². The van der Waals surface area contributed by atoms with Gasteiger partial charge < -0.3 is 10.4 Å². The van der Waals surface area contributed by atoms with Gasteiger partial charge in [-0.2, -0.15) is 0 Å². The monoisotopic (exact) mass is 172 g/mol. The van der Waals surface area contributed by atoms with Crippen LogP contribution < -0.4 is 5.32 Å². The maximum absolute atomic E-state index is 11.1. The van der Waals surface area contributed by atoms with Gasteiger partial charge in [0.1, 0.15) is 6.04 Å². The molecule has 12 heavy (non-hydrogen) atoms. The zero-order valence-electron chi connectivity index (χ0n) is 6.91. The number of carbonyl (C=O) groups is 2. The Morgan fingerprint density at radius 3 is 2.75 bits per heavy atom. The van der Waals surface area contributed by atoms with Crippen LogP contribution in [0.2, 0.25) is 0 Å². The second-order valence-corrected chi connectivity index (χ2v) is 2.75. The summed E-state index contributed by atoms with van der Waals surface area (Å²) in [6.07, 6.45) is 0.386. The van der Waals surface area contributed by atoms with E-state index in [4.69, 9.17) is 5.11 Å². The molecule has 0 radical (unpaired) electrons. The number of nitrogens with zero attached hydrogens (tertiary/aromatic N) is 1. The number of likely N-dealkylation sites (tertiary alicyclic amines) is 1. The number of rotatable bonds is 1. The third-order valence-corrected chi connectivity index (χ3v) is 2.05. The van der Waals surface area contributed by atoms with Gasteiger partial charge in [0, 0.05) is 13.6 Å². The van der Waals surface area contributed by atoms with Crippen molar-refractivity contribution in [3.8, 4) is 0 Å². The van der Waals surface area contributed by atoms with Gasteiger partial charge in [0.15, 0.2) is 0 Å². The van der Waals surface area contributed by atoms with Crippen LogP contribution in [0.25, 0.3) is 0 Å². The highest BCUT2D eigenvalue weighted by atomic mass is 16.4. The molecule has 0 aromatic carbocycles. The SMILES string of the molecule is CNC(=O)C1CCCN1C(=O)O. The predicted molar refractivity (Wildman–Crippen MR) is 41.8 cm³/mol. The first-order valence-electron chi connectivity index (χ1n) is 3.88. The molecular weight excluding hydrogens is 160 g/mol. The molecule has 1 saturated heterocycles. The van der Waals surface area contributed by atoms with E-state index in [2.05, 4.69) is 5.32 Å². The molecule has 1 rings (SSSR count). The smallest absolute Gasteiger partial charge is 0.407 e. The summed E-state index contributed by atoms with van der Waals surface area (Å²) in [4.78, 5) is 22.9. The van der Waals surface area contributed by atoms with E-state index in [0.717, 1.165) is 6.42 Å². The van der Waals surface area contributed by atoms with E-state index in [1.165, 1.54) is 11.9 Å². The third kappa shape index (κ3) is 1.49. The molecule has 1 fully saturated rings. The summed E-state index contributed by atoms with van der Waals surface area (Å²) in [5.41, 5.74) is 0. The number of carbonyl (C=O) groups excluding carboxylic acids is 1.